The summed E-state index contributed by atoms with van der Waals surface area (Å²) in [7, 11) is 3.77. The number of hydrogen-bond acceptors (Lipinski definition) is 6. The normalized spacial score (nSPS) is 12.1. The summed E-state index contributed by atoms with van der Waals surface area (Å²) in [6.45, 7) is 0.657. The van der Waals surface area contributed by atoms with E-state index in [0.29, 0.717) is 18.5 Å². The molecule has 0 spiro atoms. The Morgan fingerprint density at radius 2 is 1.59 bits per heavy atom. The fraction of sp³-hybridized carbons (Fsp3) is 0.333. The van der Waals surface area contributed by atoms with Gasteiger partial charge in [-0.25, -0.2) is 14.8 Å². The number of nitrogens with zero attached hydrogens (tertiary/aromatic N) is 2. The fourth-order valence-corrected chi connectivity index (χ4v) is 2.86. The Hall–Kier alpha value is -2.70. The molecule has 6 nitrogen and oxygen atoms in total. The van der Waals surface area contributed by atoms with E-state index in [0.717, 1.165) is 5.56 Å². The van der Waals surface area contributed by atoms with Gasteiger partial charge in [-0.1, -0.05) is 48.5 Å². The quantitative estimate of drug-likeness (QED) is 0.470. The van der Waals surface area contributed by atoms with E-state index in [2.05, 4.69) is 0 Å². The molecule has 27 heavy (non-hydrogen) atoms. The van der Waals surface area contributed by atoms with Crippen LogP contribution in [0.15, 0.2) is 60.7 Å². The van der Waals surface area contributed by atoms with Gasteiger partial charge in [-0.2, -0.15) is 0 Å². The number of esters is 1. The van der Waals surface area contributed by atoms with Crippen molar-refractivity contribution in [3.05, 3.63) is 71.8 Å². The monoisotopic (exact) mass is 369 g/mol. The maximum Gasteiger partial charge on any atom is 0.338 e. The van der Waals surface area contributed by atoms with Crippen LogP contribution in [0.1, 0.15) is 34.8 Å². The summed E-state index contributed by atoms with van der Waals surface area (Å²) < 4.78 is 5.57. The highest BCUT2D eigenvalue weighted by molar-refractivity contribution is 5.89. The molecule has 0 aromatic heterocycles. The van der Waals surface area contributed by atoms with Crippen LogP contribution < -0.4 is 5.11 Å². The number of hydrogen-bond donors (Lipinski definition) is 0. The Morgan fingerprint density at radius 1 is 1.00 bits per heavy atom. The second kappa shape index (κ2) is 10.4. The van der Waals surface area contributed by atoms with Crippen LogP contribution in [-0.4, -0.2) is 49.2 Å². The lowest BCUT2D eigenvalue weighted by atomic mass is 10.1. The SMILES string of the molecule is CN(C)N(CCCC(=O)[O-])C(COC(=O)c1ccccc1)c1ccccc1. The minimum absolute atomic E-state index is 0.0182. The van der Waals surface area contributed by atoms with Crippen LogP contribution in [0.3, 0.4) is 0 Å². The van der Waals surface area contributed by atoms with E-state index in [4.69, 9.17) is 4.74 Å². The van der Waals surface area contributed by atoms with Crippen LogP contribution in [0.2, 0.25) is 0 Å². The lowest BCUT2D eigenvalue weighted by molar-refractivity contribution is -0.305. The number of carboxylic acids is 1. The zero-order valence-corrected chi connectivity index (χ0v) is 15.7. The number of rotatable bonds is 10. The summed E-state index contributed by atoms with van der Waals surface area (Å²) in [5.41, 5.74) is 1.48. The van der Waals surface area contributed by atoms with Gasteiger partial charge in [0.1, 0.15) is 6.61 Å². The van der Waals surface area contributed by atoms with E-state index in [9.17, 15) is 14.7 Å². The van der Waals surface area contributed by atoms with Gasteiger partial charge in [0.25, 0.3) is 0 Å². The van der Waals surface area contributed by atoms with E-state index in [1.807, 2.05) is 60.5 Å². The molecule has 0 radical (unpaired) electrons. The summed E-state index contributed by atoms with van der Waals surface area (Å²) in [6, 6.07) is 18.3. The van der Waals surface area contributed by atoms with E-state index in [1.165, 1.54) is 0 Å². The first-order valence-electron chi connectivity index (χ1n) is 8.90. The maximum absolute atomic E-state index is 12.3. The Bertz CT molecular complexity index is 719. The lowest BCUT2D eigenvalue weighted by Crippen LogP contribution is -2.43. The third kappa shape index (κ3) is 6.51. The Labute approximate surface area is 159 Å². The summed E-state index contributed by atoms with van der Waals surface area (Å²) in [4.78, 5) is 23.1. The molecule has 2 rings (SSSR count). The summed E-state index contributed by atoms with van der Waals surface area (Å²) >= 11 is 0. The first-order chi connectivity index (χ1) is 13.0. The molecule has 6 heteroatoms. The van der Waals surface area contributed by atoms with Gasteiger partial charge in [0.15, 0.2) is 0 Å². The summed E-state index contributed by atoms with van der Waals surface area (Å²) in [6.07, 6.45) is 0.423. The molecule has 0 fully saturated rings. The van der Waals surface area contributed by atoms with Gasteiger partial charge in [-0.05, 0) is 30.5 Å². The summed E-state index contributed by atoms with van der Waals surface area (Å²) in [5.74, 6) is -1.45. The average molecular weight is 369 g/mol. The number of aliphatic carboxylic acids is 1. The van der Waals surface area contributed by atoms with E-state index in [-0.39, 0.29) is 25.0 Å². The van der Waals surface area contributed by atoms with Crippen molar-refractivity contribution >= 4 is 11.9 Å². The number of carbonyl (C=O) groups is 2. The number of benzene rings is 2. The fourth-order valence-electron chi connectivity index (χ4n) is 2.86. The molecule has 0 heterocycles. The predicted molar refractivity (Wildman–Crippen MR) is 101 cm³/mol. The standard InChI is InChI=1S/C21H26N2O4/c1-22(2)23(15-9-14-20(24)25)19(17-10-5-3-6-11-17)16-27-21(26)18-12-7-4-8-13-18/h3-8,10-13,19H,9,14-16H2,1-2H3,(H,24,25)/p-1. The molecular formula is C21H25N2O4-. The van der Waals surface area contributed by atoms with Gasteiger partial charge >= 0.3 is 5.97 Å². The van der Waals surface area contributed by atoms with Crippen LogP contribution in [-0.2, 0) is 9.53 Å². The molecule has 0 aliphatic carbocycles. The second-order valence-corrected chi connectivity index (χ2v) is 6.38. The minimum Gasteiger partial charge on any atom is -0.550 e. The lowest BCUT2D eigenvalue weighted by Gasteiger charge is -2.36. The van der Waals surface area contributed by atoms with Crippen LogP contribution >= 0.6 is 0 Å². The number of carbonyl (C=O) groups excluding carboxylic acids is 2. The van der Waals surface area contributed by atoms with Gasteiger partial charge in [-0.3, -0.25) is 0 Å². The van der Waals surface area contributed by atoms with Crippen molar-refractivity contribution in [3.8, 4) is 0 Å². The molecule has 0 N–H and O–H groups in total. The van der Waals surface area contributed by atoms with Gasteiger partial charge in [0, 0.05) is 26.6 Å². The van der Waals surface area contributed by atoms with Crippen LogP contribution in [0.25, 0.3) is 0 Å². The smallest absolute Gasteiger partial charge is 0.338 e. The molecular weight excluding hydrogens is 344 g/mol. The largest absolute Gasteiger partial charge is 0.550 e. The molecule has 0 aliphatic rings. The first kappa shape index (κ1) is 20.6. The zero-order valence-electron chi connectivity index (χ0n) is 15.7. The van der Waals surface area contributed by atoms with Gasteiger partial charge in [0.05, 0.1) is 11.6 Å². The highest BCUT2D eigenvalue weighted by Crippen LogP contribution is 2.23. The molecule has 144 valence electrons. The molecule has 0 saturated heterocycles. The van der Waals surface area contributed by atoms with Gasteiger partial charge in [0.2, 0.25) is 0 Å². The molecule has 2 aromatic rings. The number of hydrazine groups is 1. The number of ether oxygens (including phenoxy) is 1. The van der Waals surface area contributed by atoms with Crippen LogP contribution in [0, 0.1) is 0 Å². The van der Waals surface area contributed by atoms with E-state index < -0.39 is 5.97 Å². The Morgan fingerprint density at radius 3 is 2.15 bits per heavy atom. The third-order valence-corrected chi connectivity index (χ3v) is 4.21. The van der Waals surface area contributed by atoms with Crippen LogP contribution in [0.4, 0.5) is 0 Å². The van der Waals surface area contributed by atoms with Crippen LogP contribution in [0.5, 0.6) is 0 Å². The van der Waals surface area contributed by atoms with Crippen molar-refractivity contribution in [2.75, 3.05) is 27.2 Å². The first-order valence-corrected chi connectivity index (χ1v) is 8.90. The topological polar surface area (TPSA) is 72.9 Å². The molecule has 2 aromatic carbocycles. The van der Waals surface area contributed by atoms with Crippen molar-refractivity contribution in [2.24, 2.45) is 0 Å². The van der Waals surface area contributed by atoms with Crippen molar-refractivity contribution < 1.29 is 19.4 Å². The molecule has 0 aliphatic heterocycles. The summed E-state index contributed by atoms with van der Waals surface area (Å²) in [5, 5.41) is 14.6. The van der Waals surface area contributed by atoms with Crippen molar-refractivity contribution in [3.63, 3.8) is 0 Å². The van der Waals surface area contributed by atoms with Crippen molar-refractivity contribution in [1.82, 2.24) is 10.0 Å². The molecule has 0 bridgehead atoms. The molecule has 1 unspecified atom stereocenters. The zero-order chi connectivity index (χ0) is 19.6. The molecule has 0 saturated carbocycles. The van der Waals surface area contributed by atoms with E-state index in [1.54, 1.807) is 24.3 Å². The van der Waals surface area contributed by atoms with Crippen molar-refractivity contribution in [1.29, 1.82) is 0 Å². The Kier molecular flexibility index (Phi) is 7.98. The highest BCUT2D eigenvalue weighted by Gasteiger charge is 2.24. The van der Waals surface area contributed by atoms with Gasteiger partial charge < -0.3 is 14.6 Å². The van der Waals surface area contributed by atoms with Gasteiger partial charge in [-0.15, -0.1) is 0 Å². The Balaban J connectivity index is 2.14. The molecule has 0 amide bonds. The van der Waals surface area contributed by atoms with E-state index >= 15 is 0 Å². The maximum atomic E-state index is 12.3. The second-order valence-electron chi connectivity index (χ2n) is 6.38. The average Bonchev–Trinajstić information content (AvgIpc) is 2.67. The predicted octanol–water partition coefficient (Wildman–Crippen LogP) is 1.89. The molecule has 1 atom stereocenters. The third-order valence-electron chi connectivity index (χ3n) is 4.21. The van der Waals surface area contributed by atoms with Crippen molar-refractivity contribution in [2.45, 2.75) is 18.9 Å². The minimum atomic E-state index is -1.07. The number of carboxylic acid groups (broad SMARTS) is 1. The highest BCUT2D eigenvalue weighted by atomic mass is 16.5.